The number of hydrogen-bond acceptors (Lipinski definition) is 1. The van der Waals surface area contributed by atoms with Gasteiger partial charge in [-0.05, 0) is 120 Å². The zero-order valence-corrected chi connectivity index (χ0v) is 22.9. The van der Waals surface area contributed by atoms with Crippen molar-refractivity contribution >= 4 is 29.2 Å². The lowest BCUT2D eigenvalue weighted by molar-refractivity contribution is 0.685. The van der Waals surface area contributed by atoms with Crippen molar-refractivity contribution in [1.82, 2.24) is 0 Å². The third-order valence-electron chi connectivity index (χ3n) is 7.98. The topological polar surface area (TPSA) is 3.24 Å². The van der Waals surface area contributed by atoms with E-state index in [-0.39, 0.29) is 0 Å². The van der Waals surface area contributed by atoms with Gasteiger partial charge in [-0.2, -0.15) is 0 Å². The summed E-state index contributed by atoms with van der Waals surface area (Å²) in [5.41, 5.74) is 14.2. The van der Waals surface area contributed by atoms with E-state index in [1.54, 1.807) is 0 Å². The molecule has 0 spiro atoms. The second kappa shape index (κ2) is 11.2. The SMILES string of the molecule is Cc1ccc(N(c2ccc(/C=C/c3ccc(-c4ccccc4)cc3)cc2)c2ccc3c(c2)CCCC3)cc1C. The van der Waals surface area contributed by atoms with Gasteiger partial charge in [0.25, 0.3) is 0 Å². The number of hydrogen-bond donors (Lipinski definition) is 0. The predicted octanol–water partition coefficient (Wildman–Crippen LogP) is 10.5. The Morgan fingerprint density at radius 2 is 1.05 bits per heavy atom. The molecule has 0 amide bonds. The van der Waals surface area contributed by atoms with Crippen LogP contribution in [-0.4, -0.2) is 0 Å². The maximum absolute atomic E-state index is 2.41. The molecule has 0 unspecified atom stereocenters. The van der Waals surface area contributed by atoms with Crippen LogP contribution >= 0.6 is 0 Å². The fourth-order valence-electron chi connectivity index (χ4n) is 5.52. The van der Waals surface area contributed by atoms with Crippen molar-refractivity contribution in [3.8, 4) is 11.1 Å². The van der Waals surface area contributed by atoms with E-state index in [1.165, 1.54) is 87.3 Å². The molecule has 0 heterocycles. The van der Waals surface area contributed by atoms with Crippen molar-refractivity contribution < 1.29 is 0 Å². The van der Waals surface area contributed by atoms with E-state index in [1.807, 2.05) is 0 Å². The van der Waals surface area contributed by atoms with Gasteiger partial charge in [-0.3, -0.25) is 0 Å². The first-order chi connectivity index (χ1) is 19.1. The van der Waals surface area contributed by atoms with Crippen LogP contribution in [0.1, 0.15) is 46.2 Å². The van der Waals surface area contributed by atoms with Crippen molar-refractivity contribution in [2.24, 2.45) is 0 Å². The molecule has 0 saturated carbocycles. The number of nitrogens with zero attached hydrogens (tertiary/aromatic N) is 1. The minimum atomic E-state index is 1.18. The van der Waals surface area contributed by atoms with Gasteiger partial charge in [0.2, 0.25) is 0 Å². The van der Waals surface area contributed by atoms with E-state index in [4.69, 9.17) is 0 Å². The summed E-state index contributed by atoms with van der Waals surface area (Å²) in [7, 11) is 0. The van der Waals surface area contributed by atoms with Crippen LogP contribution in [-0.2, 0) is 12.8 Å². The molecule has 0 fully saturated rings. The van der Waals surface area contributed by atoms with Crippen LogP contribution in [0, 0.1) is 13.8 Å². The van der Waals surface area contributed by atoms with E-state index < -0.39 is 0 Å². The second-order valence-electron chi connectivity index (χ2n) is 10.7. The number of anilines is 3. The monoisotopic (exact) mass is 505 g/mol. The predicted molar refractivity (Wildman–Crippen MR) is 168 cm³/mol. The van der Waals surface area contributed by atoms with Crippen LogP contribution < -0.4 is 4.90 Å². The van der Waals surface area contributed by atoms with Crippen molar-refractivity contribution in [2.45, 2.75) is 39.5 Å². The number of benzene rings is 5. The van der Waals surface area contributed by atoms with Crippen LogP contribution in [0.5, 0.6) is 0 Å². The number of rotatable bonds is 6. The molecule has 1 aliphatic rings. The smallest absolute Gasteiger partial charge is 0.0464 e. The molecular weight excluding hydrogens is 470 g/mol. The first kappa shape index (κ1) is 24.9. The minimum Gasteiger partial charge on any atom is -0.310 e. The van der Waals surface area contributed by atoms with Gasteiger partial charge in [0, 0.05) is 17.1 Å². The molecule has 0 radical (unpaired) electrons. The van der Waals surface area contributed by atoms with Crippen LogP contribution in [0.4, 0.5) is 17.1 Å². The van der Waals surface area contributed by atoms with Gasteiger partial charge in [-0.25, -0.2) is 0 Å². The summed E-state index contributed by atoms with van der Waals surface area (Å²) in [5, 5.41) is 0. The Balaban J connectivity index is 1.27. The normalized spacial score (nSPS) is 12.9. The molecule has 39 heavy (non-hydrogen) atoms. The van der Waals surface area contributed by atoms with Crippen LogP contribution in [0.15, 0.2) is 115 Å². The molecule has 0 bridgehead atoms. The van der Waals surface area contributed by atoms with E-state index in [9.17, 15) is 0 Å². The first-order valence-corrected chi connectivity index (χ1v) is 14.1. The fourth-order valence-corrected chi connectivity index (χ4v) is 5.52. The summed E-state index contributed by atoms with van der Waals surface area (Å²) >= 11 is 0. The van der Waals surface area contributed by atoms with Crippen molar-refractivity contribution in [3.63, 3.8) is 0 Å². The van der Waals surface area contributed by atoms with Crippen LogP contribution in [0.2, 0.25) is 0 Å². The second-order valence-corrected chi connectivity index (χ2v) is 10.7. The lowest BCUT2D eigenvalue weighted by Crippen LogP contribution is -2.12. The summed E-state index contributed by atoms with van der Waals surface area (Å²) in [6, 6.07) is 42.0. The molecule has 0 N–H and O–H groups in total. The molecule has 5 aromatic rings. The zero-order chi connectivity index (χ0) is 26.6. The van der Waals surface area contributed by atoms with Crippen LogP contribution in [0.25, 0.3) is 23.3 Å². The molecule has 0 atom stereocenters. The average molecular weight is 506 g/mol. The van der Waals surface area contributed by atoms with Gasteiger partial charge >= 0.3 is 0 Å². The van der Waals surface area contributed by atoms with Gasteiger partial charge in [-0.15, -0.1) is 0 Å². The molecule has 6 rings (SSSR count). The lowest BCUT2D eigenvalue weighted by Gasteiger charge is -2.28. The van der Waals surface area contributed by atoms with E-state index in [2.05, 4.69) is 146 Å². The largest absolute Gasteiger partial charge is 0.310 e. The molecule has 0 aliphatic heterocycles. The van der Waals surface area contributed by atoms with Crippen molar-refractivity contribution in [1.29, 1.82) is 0 Å². The van der Waals surface area contributed by atoms with Crippen molar-refractivity contribution in [3.05, 3.63) is 149 Å². The standard InChI is InChI=1S/C38H35N/c1-28-12-22-37(26-29(28)2)39(38-25-21-33-10-6-7-11-35(33)27-38)36-23-17-31(18-24-36)14-13-30-15-19-34(20-16-30)32-8-4-3-5-9-32/h3-5,8-9,12-27H,6-7,10-11H2,1-2H3/b14-13+. The van der Waals surface area contributed by atoms with Gasteiger partial charge in [-0.1, -0.05) is 91.0 Å². The van der Waals surface area contributed by atoms with E-state index >= 15 is 0 Å². The van der Waals surface area contributed by atoms with Gasteiger partial charge in [0.15, 0.2) is 0 Å². The Hall–Kier alpha value is -4.36. The summed E-state index contributed by atoms with van der Waals surface area (Å²) in [5.74, 6) is 0. The Bertz CT molecular complexity index is 1590. The molecule has 5 aromatic carbocycles. The quantitative estimate of drug-likeness (QED) is 0.207. The third kappa shape index (κ3) is 5.59. The number of fused-ring (bicyclic) bond motifs is 1. The molecular formula is C38H35N. The molecule has 0 aromatic heterocycles. The van der Waals surface area contributed by atoms with Gasteiger partial charge < -0.3 is 4.90 Å². The lowest BCUT2D eigenvalue weighted by atomic mass is 9.91. The Morgan fingerprint density at radius 3 is 1.74 bits per heavy atom. The third-order valence-corrected chi connectivity index (χ3v) is 7.98. The highest BCUT2D eigenvalue weighted by molar-refractivity contribution is 5.79. The summed E-state index contributed by atoms with van der Waals surface area (Å²) in [6.45, 7) is 4.38. The molecule has 1 nitrogen and oxygen atoms in total. The Labute approximate surface area is 233 Å². The number of aryl methyl sites for hydroxylation is 4. The van der Waals surface area contributed by atoms with E-state index in [0.717, 1.165) is 0 Å². The van der Waals surface area contributed by atoms with Gasteiger partial charge in [0.1, 0.15) is 0 Å². The maximum atomic E-state index is 2.41. The highest BCUT2D eigenvalue weighted by Crippen LogP contribution is 2.37. The molecule has 1 aliphatic carbocycles. The highest BCUT2D eigenvalue weighted by atomic mass is 15.1. The molecule has 1 heteroatoms. The van der Waals surface area contributed by atoms with Crippen molar-refractivity contribution in [2.75, 3.05) is 4.90 Å². The zero-order valence-electron chi connectivity index (χ0n) is 22.9. The van der Waals surface area contributed by atoms with E-state index in [0.29, 0.717) is 0 Å². The summed E-state index contributed by atoms with van der Waals surface area (Å²) < 4.78 is 0. The molecule has 192 valence electrons. The van der Waals surface area contributed by atoms with Crippen LogP contribution in [0.3, 0.4) is 0 Å². The van der Waals surface area contributed by atoms with Gasteiger partial charge in [0.05, 0.1) is 0 Å². The minimum absolute atomic E-state index is 1.18. The first-order valence-electron chi connectivity index (χ1n) is 14.1. The Kier molecular flexibility index (Phi) is 7.15. The Morgan fingerprint density at radius 1 is 0.487 bits per heavy atom. The summed E-state index contributed by atoms with van der Waals surface area (Å²) in [4.78, 5) is 2.40. The summed E-state index contributed by atoms with van der Waals surface area (Å²) in [6.07, 6.45) is 9.36. The fraction of sp³-hybridized carbons (Fsp3) is 0.158. The maximum Gasteiger partial charge on any atom is 0.0464 e. The molecule has 0 saturated heterocycles. The highest BCUT2D eigenvalue weighted by Gasteiger charge is 2.16. The average Bonchev–Trinajstić information content (AvgIpc) is 2.99.